The van der Waals surface area contributed by atoms with Gasteiger partial charge in [-0.3, -0.25) is 4.79 Å². The molecule has 3 rings (SSSR count). The molecule has 0 bridgehead atoms. The fourth-order valence-corrected chi connectivity index (χ4v) is 5.59. The van der Waals surface area contributed by atoms with Gasteiger partial charge in [-0.05, 0) is 43.9 Å². The molecule has 7 nitrogen and oxygen atoms in total. The Labute approximate surface area is 165 Å². The van der Waals surface area contributed by atoms with E-state index in [1.54, 1.807) is 30.0 Å². The predicted molar refractivity (Wildman–Crippen MR) is 102 cm³/mol. The summed E-state index contributed by atoms with van der Waals surface area (Å²) < 4.78 is 27.4. The lowest BCUT2D eigenvalue weighted by Crippen LogP contribution is -2.53. The molecule has 0 saturated carbocycles. The number of rotatable bonds is 4. The molecule has 0 N–H and O–H groups in total. The van der Waals surface area contributed by atoms with E-state index in [1.807, 2.05) is 19.1 Å². The summed E-state index contributed by atoms with van der Waals surface area (Å²) in [4.78, 5) is 26.0. The lowest BCUT2D eigenvalue weighted by atomic mass is 9.82. The lowest BCUT2D eigenvalue weighted by Gasteiger charge is -2.38. The first kappa shape index (κ1) is 20.5. The number of aliphatic carboxylic acids is 1. The minimum atomic E-state index is -3.63. The molecule has 1 heterocycles. The van der Waals surface area contributed by atoms with Crippen molar-refractivity contribution in [1.29, 1.82) is 0 Å². The van der Waals surface area contributed by atoms with Crippen LogP contribution in [-0.4, -0.2) is 55.7 Å². The van der Waals surface area contributed by atoms with E-state index in [0.717, 1.165) is 5.56 Å². The normalized spacial score (nSPS) is 23.6. The number of aryl methyl sites for hydroxylation is 2. The molecule has 2 aliphatic rings. The van der Waals surface area contributed by atoms with Crippen LogP contribution in [0.1, 0.15) is 24.0 Å². The van der Waals surface area contributed by atoms with Gasteiger partial charge in [0.15, 0.2) is 0 Å². The van der Waals surface area contributed by atoms with Crippen LogP contribution in [0.4, 0.5) is 0 Å². The van der Waals surface area contributed by atoms with Gasteiger partial charge in [0.1, 0.15) is 0 Å². The summed E-state index contributed by atoms with van der Waals surface area (Å²) in [6, 6.07) is 5.33. The van der Waals surface area contributed by atoms with E-state index >= 15 is 0 Å². The molecule has 1 aromatic rings. The van der Waals surface area contributed by atoms with Gasteiger partial charge < -0.3 is 14.8 Å². The maximum absolute atomic E-state index is 13.0. The second-order valence-corrected chi connectivity index (χ2v) is 9.38. The van der Waals surface area contributed by atoms with Crippen LogP contribution in [0.25, 0.3) is 0 Å². The quantitative estimate of drug-likeness (QED) is 0.678. The number of benzene rings is 1. The third-order valence-corrected chi connectivity index (χ3v) is 7.60. The Balaban J connectivity index is 1.70. The number of piperazine rings is 1. The van der Waals surface area contributed by atoms with Gasteiger partial charge in [-0.25, -0.2) is 8.42 Å². The van der Waals surface area contributed by atoms with Gasteiger partial charge in [-0.1, -0.05) is 24.3 Å². The Morgan fingerprint density at radius 1 is 1.00 bits per heavy atom. The highest BCUT2D eigenvalue weighted by atomic mass is 32.2. The van der Waals surface area contributed by atoms with Gasteiger partial charge in [0.2, 0.25) is 15.9 Å². The van der Waals surface area contributed by atoms with Crippen molar-refractivity contribution >= 4 is 21.9 Å². The van der Waals surface area contributed by atoms with Crippen LogP contribution in [0, 0.1) is 25.7 Å². The van der Waals surface area contributed by atoms with E-state index in [1.165, 1.54) is 4.31 Å². The van der Waals surface area contributed by atoms with E-state index in [-0.39, 0.29) is 32.1 Å². The Bertz CT molecular complexity index is 901. The third kappa shape index (κ3) is 3.98. The minimum Gasteiger partial charge on any atom is -0.550 e. The Morgan fingerprint density at radius 3 is 2.21 bits per heavy atom. The molecule has 1 fully saturated rings. The third-order valence-electron chi connectivity index (χ3n) is 5.56. The zero-order chi connectivity index (χ0) is 20.5. The molecule has 28 heavy (non-hydrogen) atoms. The fourth-order valence-electron chi connectivity index (χ4n) is 3.86. The number of carbonyl (C=O) groups is 2. The van der Waals surface area contributed by atoms with Crippen molar-refractivity contribution in [1.82, 2.24) is 9.21 Å². The van der Waals surface area contributed by atoms with Crippen LogP contribution in [0.15, 0.2) is 35.2 Å². The van der Waals surface area contributed by atoms with Crippen molar-refractivity contribution in [2.75, 3.05) is 26.2 Å². The van der Waals surface area contributed by atoms with Gasteiger partial charge >= 0.3 is 0 Å². The van der Waals surface area contributed by atoms with E-state index in [4.69, 9.17) is 0 Å². The standard InChI is InChI=1S/C20H26N2O5S/c1-14-7-8-15(2)18(13-14)28(26,27)22-11-9-21(10-12-22)19(23)16-5-3-4-6-17(16)20(24)25/h3-4,7-8,13,16-17H,5-6,9-12H2,1-2H3,(H,24,25)/p-1/t16-,17+/m1/s1. The Kier molecular flexibility index (Phi) is 5.90. The fraction of sp³-hybridized carbons (Fsp3) is 0.500. The first-order chi connectivity index (χ1) is 13.2. The molecule has 1 aliphatic carbocycles. The topological polar surface area (TPSA) is 97.8 Å². The van der Waals surface area contributed by atoms with Gasteiger partial charge in [-0.15, -0.1) is 0 Å². The summed E-state index contributed by atoms with van der Waals surface area (Å²) in [5.74, 6) is -2.91. The van der Waals surface area contributed by atoms with Crippen molar-refractivity contribution < 1.29 is 23.1 Å². The molecule has 8 heteroatoms. The number of amides is 1. The van der Waals surface area contributed by atoms with Crippen LogP contribution in [0.5, 0.6) is 0 Å². The highest BCUT2D eigenvalue weighted by Gasteiger charge is 2.36. The number of nitrogens with zero attached hydrogens (tertiary/aromatic N) is 2. The molecular formula is C20H25N2O5S-. The molecule has 1 saturated heterocycles. The molecule has 0 unspecified atom stereocenters. The smallest absolute Gasteiger partial charge is 0.243 e. The maximum Gasteiger partial charge on any atom is 0.243 e. The van der Waals surface area contributed by atoms with Crippen LogP contribution in [0.3, 0.4) is 0 Å². The van der Waals surface area contributed by atoms with E-state index in [2.05, 4.69) is 0 Å². The second-order valence-electron chi connectivity index (χ2n) is 7.47. The molecule has 0 spiro atoms. The predicted octanol–water partition coefficient (Wildman–Crippen LogP) is 0.469. The number of carbonyl (C=O) groups excluding carboxylic acids is 2. The van der Waals surface area contributed by atoms with Gasteiger partial charge in [0, 0.05) is 44.0 Å². The van der Waals surface area contributed by atoms with Crippen molar-refractivity contribution in [3.8, 4) is 0 Å². The maximum atomic E-state index is 13.0. The Hall–Kier alpha value is -2.19. The lowest BCUT2D eigenvalue weighted by molar-refractivity contribution is -0.313. The monoisotopic (exact) mass is 405 g/mol. The first-order valence-electron chi connectivity index (χ1n) is 9.44. The van der Waals surface area contributed by atoms with Crippen molar-refractivity contribution in [3.63, 3.8) is 0 Å². The number of carboxylic acid groups (broad SMARTS) is 1. The average Bonchev–Trinajstić information content (AvgIpc) is 2.69. The largest absolute Gasteiger partial charge is 0.550 e. The van der Waals surface area contributed by atoms with Crippen LogP contribution in [-0.2, 0) is 19.6 Å². The summed E-state index contributed by atoms with van der Waals surface area (Å²) >= 11 is 0. The summed E-state index contributed by atoms with van der Waals surface area (Å²) in [6.45, 7) is 4.51. The molecule has 0 aromatic heterocycles. The van der Waals surface area contributed by atoms with Gasteiger partial charge in [0.05, 0.1) is 4.90 Å². The van der Waals surface area contributed by atoms with E-state index in [9.17, 15) is 23.1 Å². The van der Waals surface area contributed by atoms with E-state index < -0.39 is 27.8 Å². The number of hydrogen-bond acceptors (Lipinski definition) is 5. The van der Waals surface area contributed by atoms with Crippen molar-refractivity contribution in [2.45, 2.75) is 31.6 Å². The molecule has 1 aromatic carbocycles. The number of allylic oxidation sites excluding steroid dienone is 2. The minimum absolute atomic E-state index is 0.194. The summed E-state index contributed by atoms with van der Waals surface area (Å²) in [5, 5.41) is 11.3. The van der Waals surface area contributed by atoms with Gasteiger partial charge in [0.25, 0.3) is 0 Å². The zero-order valence-corrected chi connectivity index (χ0v) is 16.9. The number of carboxylic acids is 1. The molecule has 2 atom stereocenters. The molecular weight excluding hydrogens is 380 g/mol. The van der Waals surface area contributed by atoms with Crippen LogP contribution in [0.2, 0.25) is 0 Å². The molecule has 0 radical (unpaired) electrons. The average molecular weight is 405 g/mol. The van der Waals surface area contributed by atoms with Crippen LogP contribution >= 0.6 is 0 Å². The molecule has 1 aliphatic heterocycles. The summed E-state index contributed by atoms with van der Waals surface area (Å²) in [7, 11) is -3.63. The van der Waals surface area contributed by atoms with Gasteiger partial charge in [-0.2, -0.15) is 4.31 Å². The van der Waals surface area contributed by atoms with Crippen molar-refractivity contribution in [2.24, 2.45) is 11.8 Å². The zero-order valence-electron chi connectivity index (χ0n) is 16.1. The highest BCUT2D eigenvalue weighted by Crippen LogP contribution is 2.28. The Morgan fingerprint density at radius 2 is 1.61 bits per heavy atom. The summed E-state index contributed by atoms with van der Waals surface area (Å²) in [6.07, 6.45) is 4.25. The van der Waals surface area contributed by atoms with Crippen molar-refractivity contribution in [3.05, 3.63) is 41.5 Å². The SMILES string of the molecule is Cc1ccc(C)c(S(=O)(=O)N2CCN(C(=O)[C@@H]3CC=CC[C@@H]3C(=O)[O-])CC2)c1. The summed E-state index contributed by atoms with van der Waals surface area (Å²) in [5.41, 5.74) is 1.56. The number of hydrogen-bond donors (Lipinski definition) is 0. The van der Waals surface area contributed by atoms with E-state index in [0.29, 0.717) is 23.3 Å². The first-order valence-corrected chi connectivity index (χ1v) is 10.9. The molecule has 1 amide bonds. The molecule has 152 valence electrons. The second kappa shape index (κ2) is 8.05. The highest BCUT2D eigenvalue weighted by molar-refractivity contribution is 7.89. The van der Waals surface area contributed by atoms with Crippen LogP contribution < -0.4 is 5.11 Å². The number of sulfonamides is 1.